The van der Waals surface area contributed by atoms with E-state index in [0.29, 0.717) is 16.5 Å². The van der Waals surface area contributed by atoms with Gasteiger partial charge in [0, 0.05) is 4.88 Å². The van der Waals surface area contributed by atoms with Crippen molar-refractivity contribution in [1.29, 1.82) is 0 Å². The highest BCUT2D eigenvalue weighted by molar-refractivity contribution is 7.17. The van der Waals surface area contributed by atoms with Crippen molar-refractivity contribution >= 4 is 34.1 Å². The second kappa shape index (κ2) is 7.41. The minimum absolute atomic E-state index is 0.160. The molecule has 1 aromatic heterocycles. The predicted octanol–water partition coefficient (Wildman–Crippen LogP) is 4.13. The Morgan fingerprint density at radius 3 is 2.35 bits per heavy atom. The van der Waals surface area contributed by atoms with Crippen LogP contribution in [0, 0.1) is 23.2 Å². The summed E-state index contributed by atoms with van der Waals surface area (Å²) in [4.78, 5) is 42.2. The minimum atomic E-state index is -0.417. The fraction of sp³-hybridized carbons (Fsp3) is 0.708. The van der Waals surface area contributed by atoms with Crippen molar-refractivity contribution in [2.45, 2.75) is 78.4 Å². The fourth-order valence-corrected chi connectivity index (χ4v) is 7.44. The molecule has 2 bridgehead atoms. The van der Waals surface area contributed by atoms with Crippen LogP contribution in [0.4, 0.5) is 5.00 Å². The van der Waals surface area contributed by atoms with Crippen molar-refractivity contribution in [1.82, 2.24) is 0 Å². The molecule has 31 heavy (non-hydrogen) atoms. The Bertz CT molecular complexity index is 922. The van der Waals surface area contributed by atoms with Gasteiger partial charge in [0.1, 0.15) is 5.00 Å². The van der Waals surface area contributed by atoms with Gasteiger partial charge in [-0.05, 0) is 55.9 Å². The molecule has 0 spiro atoms. The summed E-state index contributed by atoms with van der Waals surface area (Å²) in [5.41, 5.74) is 1.64. The number of rotatable bonds is 5. The standard InChI is InChI=1S/C24H31NO5S/c1-5-24(3,4)12-7-8-13-16(11-12)31-22(17(13)23(28)29-6-2)25-20(26)18-14-9-10-15(30-14)19(18)21(25)27/h12,14-15,18-19H,5-11H2,1-4H3. The van der Waals surface area contributed by atoms with E-state index in [1.807, 2.05) is 0 Å². The Hall–Kier alpha value is -1.73. The zero-order valence-corrected chi connectivity index (χ0v) is 19.5. The molecule has 5 atom stereocenters. The van der Waals surface area contributed by atoms with Crippen LogP contribution in [0.2, 0.25) is 0 Å². The second-order valence-corrected chi connectivity index (χ2v) is 11.1. The summed E-state index contributed by atoms with van der Waals surface area (Å²) < 4.78 is 11.2. The summed E-state index contributed by atoms with van der Waals surface area (Å²) in [7, 11) is 0. The summed E-state index contributed by atoms with van der Waals surface area (Å²) in [6.45, 7) is 8.86. The van der Waals surface area contributed by atoms with Gasteiger partial charge in [0.15, 0.2) is 0 Å². The second-order valence-electron chi connectivity index (χ2n) is 10.0. The molecule has 6 nitrogen and oxygen atoms in total. The van der Waals surface area contributed by atoms with E-state index in [2.05, 4.69) is 20.8 Å². The first-order chi connectivity index (χ1) is 14.8. The lowest BCUT2D eigenvalue weighted by Crippen LogP contribution is -2.34. The van der Waals surface area contributed by atoms with Crippen LogP contribution in [0.5, 0.6) is 0 Å². The lowest BCUT2D eigenvalue weighted by atomic mass is 9.69. The van der Waals surface area contributed by atoms with Crippen LogP contribution in [0.1, 0.15) is 74.2 Å². The molecule has 7 heteroatoms. The van der Waals surface area contributed by atoms with Crippen molar-refractivity contribution in [3.05, 3.63) is 16.0 Å². The monoisotopic (exact) mass is 445 g/mol. The average molecular weight is 446 g/mol. The van der Waals surface area contributed by atoms with Crippen molar-refractivity contribution in [3.8, 4) is 0 Å². The normalized spacial score (nSPS) is 31.9. The van der Waals surface area contributed by atoms with Gasteiger partial charge in [0.2, 0.25) is 11.8 Å². The molecule has 1 aliphatic carbocycles. The number of carbonyl (C=O) groups excluding carboxylic acids is 3. The van der Waals surface area contributed by atoms with Crippen LogP contribution < -0.4 is 4.90 Å². The highest BCUT2D eigenvalue weighted by Crippen LogP contribution is 2.53. The van der Waals surface area contributed by atoms with Crippen LogP contribution in [0.15, 0.2) is 0 Å². The van der Waals surface area contributed by atoms with Crippen LogP contribution in [0.25, 0.3) is 0 Å². The van der Waals surface area contributed by atoms with Crippen molar-refractivity contribution in [3.63, 3.8) is 0 Å². The number of imide groups is 1. The number of anilines is 1. The van der Waals surface area contributed by atoms with Crippen LogP contribution >= 0.6 is 11.3 Å². The van der Waals surface area contributed by atoms with Gasteiger partial charge in [0.25, 0.3) is 0 Å². The number of amides is 2. The molecular weight excluding hydrogens is 414 g/mol. The number of ether oxygens (including phenoxy) is 2. The quantitative estimate of drug-likeness (QED) is 0.503. The molecule has 3 fully saturated rings. The molecule has 168 valence electrons. The first-order valence-corrected chi connectivity index (χ1v) is 12.4. The highest BCUT2D eigenvalue weighted by atomic mass is 32.1. The summed E-state index contributed by atoms with van der Waals surface area (Å²) in [6, 6.07) is 0. The molecule has 1 aromatic rings. The Morgan fingerprint density at radius 1 is 1.13 bits per heavy atom. The van der Waals surface area contributed by atoms with Gasteiger partial charge in [-0.25, -0.2) is 9.69 Å². The lowest BCUT2D eigenvalue weighted by Gasteiger charge is -2.36. The van der Waals surface area contributed by atoms with E-state index in [1.165, 1.54) is 16.2 Å². The number of hydrogen-bond acceptors (Lipinski definition) is 6. The fourth-order valence-electron chi connectivity index (χ4n) is 6.01. The largest absolute Gasteiger partial charge is 0.462 e. The molecule has 0 aromatic carbocycles. The smallest absolute Gasteiger partial charge is 0.341 e. The van der Waals surface area contributed by atoms with Gasteiger partial charge in [-0.15, -0.1) is 11.3 Å². The summed E-state index contributed by atoms with van der Waals surface area (Å²) in [6.07, 6.45) is 5.10. The Labute approximate surface area is 187 Å². The Balaban J connectivity index is 1.56. The summed E-state index contributed by atoms with van der Waals surface area (Å²) in [5, 5.41) is 0.488. The van der Waals surface area contributed by atoms with Crippen LogP contribution in [-0.4, -0.2) is 36.6 Å². The number of carbonyl (C=O) groups is 3. The zero-order chi connectivity index (χ0) is 22.1. The van der Waals surface area contributed by atoms with Gasteiger partial charge in [-0.2, -0.15) is 0 Å². The van der Waals surface area contributed by atoms with E-state index < -0.39 is 17.8 Å². The first-order valence-electron chi connectivity index (χ1n) is 11.6. The maximum atomic E-state index is 13.4. The molecular formula is C24H31NO5S. The lowest BCUT2D eigenvalue weighted by molar-refractivity contribution is -0.124. The Morgan fingerprint density at radius 2 is 1.77 bits per heavy atom. The van der Waals surface area contributed by atoms with Gasteiger partial charge in [-0.3, -0.25) is 9.59 Å². The van der Waals surface area contributed by atoms with E-state index in [9.17, 15) is 14.4 Å². The number of hydrogen-bond donors (Lipinski definition) is 0. The molecule has 2 amide bonds. The number of nitrogens with zero attached hydrogens (tertiary/aromatic N) is 1. The first kappa shape index (κ1) is 21.1. The van der Waals surface area contributed by atoms with Gasteiger partial charge >= 0.3 is 5.97 Å². The van der Waals surface area contributed by atoms with E-state index >= 15 is 0 Å². The van der Waals surface area contributed by atoms with Gasteiger partial charge < -0.3 is 9.47 Å². The van der Waals surface area contributed by atoms with E-state index in [4.69, 9.17) is 9.47 Å². The van der Waals surface area contributed by atoms with Gasteiger partial charge in [0.05, 0.1) is 36.2 Å². The van der Waals surface area contributed by atoms with E-state index in [1.54, 1.807) is 6.92 Å². The van der Waals surface area contributed by atoms with Crippen molar-refractivity contribution in [2.24, 2.45) is 23.2 Å². The topological polar surface area (TPSA) is 72.9 Å². The number of esters is 1. The molecule has 4 aliphatic rings. The molecule has 4 heterocycles. The molecule has 0 radical (unpaired) electrons. The molecule has 5 unspecified atom stereocenters. The maximum Gasteiger partial charge on any atom is 0.341 e. The molecule has 0 N–H and O–H groups in total. The third-order valence-electron chi connectivity index (χ3n) is 8.23. The van der Waals surface area contributed by atoms with E-state index in [0.717, 1.165) is 49.0 Å². The van der Waals surface area contributed by atoms with Crippen LogP contribution in [-0.2, 0) is 31.9 Å². The van der Waals surface area contributed by atoms with E-state index in [-0.39, 0.29) is 36.0 Å². The molecule has 3 saturated heterocycles. The van der Waals surface area contributed by atoms with Crippen molar-refractivity contribution < 1.29 is 23.9 Å². The average Bonchev–Trinajstić information content (AvgIpc) is 3.49. The number of fused-ring (bicyclic) bond motifs is 6. The Kier molecular flexibility index (Phi) is 5.05. The predicted molar refractivity (Wildman–Crippen MR) is 117 cm³/mol. The molecule has 5 rings (SSSR count). The third-order valence-corrected chi connectivity index (χ3v) is 9.47. The van der Waals surface area contributed by atoms with Crippen LogP contribution in [0.3, 0.4) is 0 Å². The molecule has 3 aliphatic heterocycles. The van der Waals surface area contributed by atoms with Crippen molar-refractivity contribution in [2.75, 3.05) is 11.5 Å². The summed E-state index contributed by atoms with van der Waals surface area (Å²) in [5.74, 6) is -1.09. The maximum absolute atomic E-state index is 13.4. The van der Waals surface area contributed by atoms with Gasteiger partial charge in [-0.1, -0.05) is 27.2 Å². The SMILES string of the molecule is CCOC(=O)c1c(N2C(=O)C3C4CCC(O4)C3C2=O)sc2c1CCC(C(C)(C)CC)C2. The zero-order valence-electron chi connectivity index (χ0n) is 18.7. The molecule has 0 saturated carbocycles. The number of thiophene rings is 1. The third kappa shape index (κ3) is 3.03. The summed E-state index contributed by atoms with van der Waals surface area (Å²) >= 11 is 1.46. The minimum Gasteiger partial charge on any atom is -0.462 e. The highest BCUT2D eigenvalue weighted by Gasteiger charge is 2.63.